The summed E-state index contributed by atoms with van der Waals surface area (Å²) in [4.78, 5) is 14.7. The van der Waals surface area contributed by atoms with Crippen molar-refractivity contribution >= 4 is 33.4 Å². The number of anilines is 1. The van der Waals surface area contributed by atoms with E-state index in [0.717, 1.165) is 37.1 Å². The van der Waals surface area contributed by atoms with Crippen LogP contribution in [0.5, 0.6) is 0 Å². The van der Waals surface area contributed by atoms with Crippen LogP contribution in [0.2, 0.25) is 0 Å². The van der Waals surface area contributed by atoms with E-state index in [-0.39, 0.29) is 10.8 Å². The summed E-state index contributed by atoms with van der Waals surface area (Å²) >= 11 is 1.38. The zero-order chi connectivity index (χ0) is 24.3. The number of rotatable bonds is 7. The molecule has 0 radical (unpaired) electrons. The molecule has 34 heavy (non-hydrogen) atoms. The lowest BCUT2D eigenvalue weighted by Crippen LogP contribution is -2.38. The van der Waals surface area contributed by atoms with Crippen molar-refractivity contribution in [1.82, 2.24) is 19.7 Å². The van der Waals surface area contributed by atoms with Crippen LogP contribution in [-0.4, -0.2) is 52.8 Å². The maximum Gasteiger partial charge on any atom is 0.261 e. The van der Waals surface area contributed by atoms with Crippen LogP contribution in [-0.2, 0) is 21.9 Å². The number of likely N-dealkylation sites (tertiary alicyclic amines) is 1. The van der Waals surface area contributed by atoms with Gasteiger partial charge < -0.3 is 9.47 Å². The number of aromatic nitrogens is 3. The molecule has 1 amide bonds. The van der Waals surface area contributed by atoms with E-state index in [2.05, 4.69) is 21.8 Å². The second-order valence-corrected chi connectivity index (χ2v) is 11.3. The lowest BCUT2D eigenvalue weighted by atomic mass is 9.99. The third-order valence-electron chi connectivity index (χ3n) is 6.02. The first-order valence-corrected chi connectivity index (χ1v) is 13.7. The molecule has 1 saturated heterocycles. The monoisotopic (exact) mass is 499 g/mol. The van der Waals surface area contributed by atoms with Crippen LogP contribution in [0.25, 0.3) is 11.4 Å². The molecule has 10 heteroatoms. The maximum atomic E-state index is 12.6. The molecular weight excluding hydrogens is 470 g/mol. The molecule has 0 bridgehead atoms. The van der Waals surface area contributed by atoms with Gasteiger partial charge in [0.25, 0.3) is 10.0 Å². The van der Waals surface area contributed by atoms with Gasteiger partial charge in [-0.05, 0) is 62.1 Å². The molecule has 0 unspecified atom stereocenters. The van der Waals surface area contributed by atoms with Gasteiger partial charge in [0.2, 0.25) is 5.91 Å². The number of nitrogens with one attached hydrogen (secondary N) is 1. The summed E-state index contributed by atoms with van der Waals surface area (Å²) < 4.78 is 29.7. The molecule has 3 aromatic rings. The number of thioether (sulfide) groups is 1. The Kier molecular flexibility index (Phi) is 7.27. The van der Waals surface area contributed by atoms with Gasteiger partial charge in [0.15, 0.2) is 11.0 Å². The lowest BCUT2D eigenvalue weighted by molar-refractivity contribution is -0.129. The Morgan fingerprint density at radius 3 is 2.35 bits per heavy atom. The van der Waals surface area contributed by atoms with Gasteiger partial charge in [0.1, 0.15) is 0 Å². The largest absolute Gasteiger partial charge is 0.342 e. The fourth-order valence-corrected chi connectivity index (χ4v) is 5.66. The van der Waals surface area contributed by atoms with Crippen LogP contribution in [0.15, 0.2) is 58.6 Å². The molecule has 0 atom stereocenters. The number of amides is 1. The van der Waals surface area contributed by atoms with E-state index in [1.807, 2.05) is 23.4 Å². The Bertz CT molecular complexity index is 1250. The summed E-state index contributed by atoms with van der Waals surface area (Å²) in [5.41, 5.74) is 2.26. The van der Waals surface area contributed by atoms with Crippen molar-refractivity contribution in [3.8, 4) is 11.4 Å². The summed E-state index contributed by atoms with van der Waals surface area (Å²) in [6.07, 6.45) is 2.11. The van der Waals surface area contributed by atoms with Crippen LogP contribution >= 0.6 is 11.8 Å². The Balaban J connectivity index is 1.39. The van der Waals surface area contributed by atoms with E-state index < -0.39 is 10.0 Å². The van der Waals surface area contributed by atoms with Gasteiger partial charge >= 0.3 is 0 Å². The Morgan fingerprint density at radius 1 is 1.06 bits per heavy atom. The van der Waals surface area contributed by atoms with Gasteiger partial charge in [-0.15, -0.1) is 10.2 Å². The molecular formula is C24H29N5O3S2. The molecule has 2 heterocycles. The van der Waals surface area contributed by atoms with Crippen molar-refractivity contribution in [1.29, 1.82) is 0 Å². The normalized spacial score (nSPS) is 14.9. The SMILES string of the molecule is Cc1ccc(S(=O)(=O)Nc2ccc(-c3nnc(SCC(=O)N4CCC(C)CC4)n3C)cc2)cc1. The molecule has 4 rings (SSSR count). The predicted octanol–water partition coefficient (Wildman–Crippen LogP) is 3.94. The minimum absolute atomic E-state index is 0.131. The van der Waals surface area contributed by atoms with Crippen LogP contribution in [0.4, 0.5) is 5.69 Å². The summed E-state index contributed by atoms with van der Waals surface area (Å²) in [6.45, 7) is 5.78. The summed E-state index contributed by atoms with van der Waals surface area (Å²) in [6, 6.07) is 13.7. The second-order valence-electron chi connectivity index (χ2n) is 8.71. The quantitative estimate of drug-likeness (QED) is 0.495. The summed E-state index contributed by atoms with van der Waals surface area (Å²) in [7, 11) is -1.80. The summed E-state index contributed by atoms with van der Waals surface area (Å²) in [5, 5.41) is 9.18. The molecule has 1 N–H and O–H groups in total. The number of piperidine rings is 1. The molecule has 2 aromatic carbocycles. The topological polar surface area (TPSA) is 97.2 Å². The second kappa shape index (κ2) is 10.2. The third kappa shape index (κ3) is 5.61. The number of nitrogens with zero attached hydrogens (tertiary/aromatic N) is 4. The summed E-state index contributed by atoms with van der Waals surface area (Å²) in [5.74, 6) is 1.80. The third-order valence-corrected chi connectivity index (χ3v) is 8.42. The number of benzene rings is 2. The number of aryl methyl sites for hydroxylation is 1. The van der Waals surface area contributed by atoms with Crippen molar-refractivity contribution in [3.63, 3.8) is 0 Å². The van der Waals surface area contributed by atoms with Gasteiger partial charge in [-0.25, -0.2) is 8.42 Å². The lowest BCUT2D eigenvalue weighted by Gasteiger charge is -2.30. The van der Waals surface area contributed by atoms with E-state index in [1.54, 1.807) is 48.5 Å². The number of carbonyl (C=O) groups excluding carboxylic acids is 1. The van der Waals surface area contributed by atoms with Gasteiger partial charge in [-0.2, -0.15) is 0 Å². The van der Waals surface area contributed by atoms with E-state index in [1.165, 1.54) is 11.8 Å². The average Bonchev–Trinajstić information content (AvgIpc) is 3.18. The zero-order valence-electron chi connectivity index (χ0n) is 19.6. The van der Waals surface area contributed by atoms with Crippen LogP contribution in [0, 0.1) is 12.8 Å². The first-order valence-electron chi connectivity index (χ1n) is 11.2. The van der Waals surface area contributed by atoms with Crippen molar-refractivity contribution in [3.05, 3.63) is 54.1 Å². The van der Waals surface area contributed by atoms with Gasteiger partial charge in [0, 0.05) is 31.4 Å². The molecule has 0 spiro atoms. The standard InChI is InChI=1S/C24H29N5O3S2/c1-17-4-10-21(11-5-17)34(31,32)27-20-8-6-19(7-9-20)23-25-26-24(28(23)3)33-16-22(30)29-14-12-18(2)13-15-29/h4-11,18,27H,12-16H2,1-3H3. The molecule has 1 aliphatic rings. The number of carbonyl (C=O) groups is 1. The Labute approximate surface area is 204 Å². The van der Waals surface area contributed by atoms with Gasteiger partial charge in [-0.3, -0.25) is 9.52 Å². The van der Waals surface area contributed by atoms with Crippen molar-refractivity contribution in [2.24, 2.45) is 13.0 Å². The van der Waals surface area contributed by atoms with Crippen molar-refractivity contribution in [2.75, 3.05) is 23.6 Å². The highest BCUT2D eigenvalue weighted by Gasteiger charge is 2.21. The minimum Gasteiger partial charge on any atom is -0.342 e. The maximum absolute atomic E-state index is 12.6. The van der Waals surface area contributed by atoms with Crippen molar-refractivity contribution < 1.29 is 13.2 Å². The van der Waals surface area contributed by atoms with Crippen LogP contribution in [0.3, 0.4) is 0 Å². The molecule has 0 aliphatic carbocycles. The smallest absolute Gasteiger partial charge is 0.261 e. The van der Waals surface area contributed by atoms with Crippen LogP contribution in [0.1, 0.15) is 25.3 Å². The van der Waals surface area contributed by atoms with E-state index in [4.69, 9.17) is 0 Å². The highest BCUT2D eigenvalue weighted by molar-refractivity contribution is 7.99. The van der Waals surface area contributed by atoms with E-state index >= 15 is 0 Å². The number of hydrogen-bond acceptors (Lipinski definition) is 6. The Morgan fingerprint density at radius 2 is 1.71 bits per heavy atom. The van der Waals surface area contributed by atoms with E-state index in [9.17, 15) is 13.2 Å². The van der Waals surface area contributed by atoms with Gasteiger partial charge in [-0.1, -0.05) is 36.4 Å². The minimum atomic E-state index is -3.66. The average molecular weight is 500 g/mol. The molecule has 1 aliphatic heterocycles. The van der Waals surface area contributed by atoms with Crippen molar-refractivity contribution in [2.45, 2.75) is 36.7 Å². The molecule has 1 fully saturated rings. The molecule has 8 nitrogen and oxygen atoms in total. The number of hydrogen-bond donors (Lipinski definition) is 1. The Hall–Kier alpha value is -2.85. The van der Waals surface area contributed by atoms with Crippen LogP contribution < -0.4 is 4.72 Å². The molecule has 1 aromatic heterocycles. The zero-order valence-corrected chi connectivity index (χ0v) is 21.2. The highest BCUT2D eigenvalue weighted by atomic mass is 32.2. The fourth-order valence-electron chi connectivity index (χ4n) is 3.79. The van der Waals surface area contributed by atoms with Gasteiger partial charge in [0.05, 0.1) is 10.6 Å². The molecule has 0 saturated carbocycles. The number of sulfonamides is 1. The fraction of sp³-hybridized carbons (Fsp3) is 0.375. The highest BCUT2D eigenvalue weighted by Crippen LogP contribution is 2.26. The molecule has 180 valence electrons. The van der Waals surface area contributed by atoms with E-state index in [0.29, 0.717) is 28.3 Å². The first kappa shape index (κ1) is 24.3. The predicted molar refractivity (Wildman–Crippen MR) is 134 cm³/mol. The first-order chi connectivity index (χ1) is 16.2.